The molecule has 0 aromatic heterocycles. The first-order chi connectivity index (χ1) is 12.3. The Bertz CT molecular complexity index is 623. The van der Waals surface area contributed by atoms with Gasteiger partial charge < -0.3 is 20.1 Å². The molecule has 1 saturated heterocycles. The fourth-order valence-corrected chi connectivity index (χ4v) is 2.95. The Kier molecular flexibility index (Phi) is 6.96. The lowest BCUT2D eigenvalue weighted by Crippen LogP contribution is -2.37. The molecule has 0 saturated carbocycles. The quantitative estimate of drug-likeness (QED) is 0.592. The van der Waals surface area contributed by atoms with Crippen molar-refractivity contribution in [2.45, 2.75) is 12.6 Å². The minimum absolute atomic E-state index is 0.154. The summed E-state index contributed by atoms with van der Waals surface area (Å²) in [5.41, 5.74) is 0.765. The number of anilines is 1. The van der Waals surface area contributed by atoms with E-state index in [0.29, 0.717) is 37.1 Å². The average Bonchev–Trinajstić information content (AvgIpc) is 3.03. The van der Waals surface area contributed by atoms with Gasteiger partial charge in [-0.3, -0.25) is 9.89 Å². The summed E-state index contributed by atoms with van der Waals surface area (Å²) < 4.78 is 47.8. The van der Waals surface area contributed by atoms with Crippen molar-refractivity contribution in [3.05, 3.63) is 18.2 Å². The average molecular weight is 374 g/mol. The van der Waals surface area contributed by atoms with Gasteiger partial charge in [-0.05, 0) is 31.0 Å². The second-order valence-corrected chi connectivity index (χ2v) is 6.15. The zero-order valence-electron chi connectivity index (χ0n) is 15.2. The first-order valence-electron chi connectivity index (χ1n) is 8.33. The van der Waals surface area contributed by atoms with Crippen LogP contribution in [0.15, 0.2) is 23.2 Å². The zero-order valence-corrected chi connectivity index (χ0v) is 15.2. The van der Waals surface area contributed by atoms with Crippen LogP contribution in [0.3, 0.4) is 0 Å². The van der Waals surface area contributed by atoms with Crippen molar-refractivity contribution >= 4 is 11.6 Å². The van der Waals surface area contributed by atoms with E-state index in [9.17, 15) is 13.2 Å². The maximum Gasteiger partial charge on any atom is 0.401 e. The first-order valence-corrected chi connectivity index (χ1v) is 8.33. The third kappa shape index (κ3) is 5.98. The number of hydrogen-bond acceptors (Lipinski definition) is 4. The minimum atomic E-state index is -4.15. The lowest BCUT2D eigenvalue weighted by atomic mass is 10.1. The number of halogens is 3. The van der Waals surface area contributed by atoms with Crippen molar-refractivity contribution < 1.29 is 22.6 Å². The Morgan fingerprint density at radius 3 is 2.62 bits per heavy atom. The summed E-state index contributed by atoms with van der Waals surface area (Å²) in [6, 6.07) is 5.39. The van der Waals surface area contributed by atoms with Crippen molar-refractivity contribution in [2.24, 2.45) is 10.9 Å². The summed E-state index contributed by atoms with van der Waals surface area (Å²) in [6.45, 7) is 0.608. The molecule has 6 nitrogen and oxygen atoms in total. The second kappa shape index (κ2) is 8.98. The molecule has 1 aliphatic rings. The number of aliphatic imine (C=N–C) groups is 1. The minimum Gasteiger partial charge on any atom is -0.493 e. The summed E-state index contributed by atoms with van der Waals surface area (Å²) in [5, 5.41) is 6.31. The summed E-state index contributed by atoms with van der Waals surface area (Å²) in [5.74, 6) is 1.91. The molecule has 0 bridgehead atoms. The third-order valence-electron chi connectivity index (χ3n) is 4.20. The predicted octanol–water partition coefficient (Wildman–Crippen LogP) is 2.58. The molecular formula is C17H25F3N4O2. The number of alkyl halides is 3. The number of likely N-dealkylation sites (tertiary alicyclic amines) is 1. The van der Waals surface area contributed by atoms with Gasteiger partial charge in [-0.15, -0.1) is 0 Å². The van der Waals surface area contributed by atoms with E-state index >= 15 is 0 Å². The lowest BCUT2D eigenvalue weighted by Gasteiger charge is -2.19. The van der Waals surface area contributed by atoms with Gasteiger partial charge in [-0.1, -0.05) is 0 Å². The summed E-state index contributed by atoms with van der Waals surface area (Å²) in [7, 11) is 4.76. The van der Waals surface area contributed by atoms with Gasteiger partial charge >= 0.3 is 6.18 Å². The first kappa shape index (κ1) is 20.2. The Morgan fingerprint density at radius 2 is 2.00 bits per heavy atom. The Morgan fingerprint density at radius 1 is 1.27 bits per heavy atom. The highest BCUT2D eigenvalue weighted by Gasteiger charge is 2.34. The van der Waals surface area contributed by atoms with Crippen LogP contribution < -0.4 is 20.1 Å². The van der Waals surface area contributed by atoms with Gasteiger partial charge in [0.25, 0.3) is 0 Å². The zero-order chi connectivity index (χ0) is 19.2. The number of rotatable bonds is 6. The van der Waals surface area contributed by atoms with Gasteiger partial charge in [0.2, 0.25) is 0 Å². The van der Waals surface area contributed by atoms with E-state index < -0.39 is 12.7 Å². The van der Waals surface area contributed by atoms with Crippen LogP contribution in [0.25, 0.3) is 0 Å². The number of ether oxygens (including phenoxy) is 2. The van der Waals surface area contributed by atoms with Crippen LogP contribution in [-0.2, 0) is 0 Å². The van der Waals surface area contributed by atoms with E-state index in [4.69, 9.17) is 9.47 Å². The second-order valence-electron chi connectivity index (χ2n) is 6.15. The normalized spacial score (nSPS) is 18.7. The van der Waals surface area contributed by atoms with Crippen LogP contribution >= 0.6 is 0 Å². The number of nitrogens with zero attached hydrogens (tertiary/aromatic N) is 2. The number of benzene rings is 1. The smallest absolute Gasteiger partial charge is 0.401 e. The monoisotopic (exact) mass is 374 g/mol. The molecule has 0 aliphatic carbocycles. The molecule has 9 heteroatoms. The van der Waals surface area contributed by atoms with Gasteiger partial charge in [0, 0.05) is 31.9 Å². The molecule has 0 amide bonds. The summed E-state index contributed by atoms with van der Waals surface area (Å²) in [6.07, 6.45) is -3.41. The molecule has 1 aromatic carbocycles. The molecular weight excluding hydrogens is 349 g/mol. The number of methoxy groups -OCH3 is 2. The fraction of sp³-hybridized carbons (Fsp3) is 0.588. The lowest BCUT2D eigenvalue weighted by molar-refractivity contribution is -0.143. The van der Waals surface area contributed by atoms with Crippen LogP contribution in [-0.4, -0.2) is 64.5 Å². The molecule has 1 atom stereocenters. The topological polar surface area (TPSA) is 58.1 Å². The fourth-order valence-electron chi connectivity index (χ4n) is 2.95. The number of hydrogen-bond donors (Lipinski definition) is 2. The third-order valence-corrected chi connectivity index (χ3v) is 4.20. The number of nitrogens with one attached hydrogen (secondary N) is 2. The summed E-state index contributed by atoms with van der Waals surface area (Å²) >= 11 is 0. The van der Waals surface area contributed by atoms with Crippen molar-refractivity contribution in [1.82, 2.24) is 10.2 Å². The van der Waals surface area contributed by atoms with Crippen LogP contribution in [0.4, 0.5) is 18.9 Å². The highest BCUT2D eigenvalue weighted by molar-refractivity contribution is 5.93. The van der Waals surface area contributed by atoms with Crippen molar-refractivity contribution in [3.8, 4) is 11.5 Å². The van der Waals surface area contributed by atoms with Gasteiger partial charge in [0.15, 0.2) is 17.5 Å². The van der Waals surface area contributed by atoms with Crippen LogP contribution in [0.2, 0.25) is 0 Å². The van der Waals surface area contributed by atoms with Gasteiger partial charge in [-0.25, -0.2) is 0 Å². The largest absolute Gasteiger partial charge is 0.493 e. The Hall–Kier alpha value is -2.16. The molecule has 1 heterocycles. The molecule has 26 heavy (non-hydrogen) atoms. The van der Waals surface area contributed by atoms with E-state index in [2.05, 4.69) is 15.6 Å². The maximum atomic E-state index is 12.5. The van der Waals surface area contributed by atoms with E-state index in [1.165, 1.54) is 4.90 Å². The predicted molar refractivity (Wildman–Crippen MR) is 95.1 cm³/mol. The Balaban J connectivity index is 1.85. The van der Waals surface area contributed by atoms with Crippen molar-refractivity contribution in [3.63, 3.8) is 0 Å². The van der Waals surface area contributed by atoms with E-state index in [0.717, 1.165) is 12.1 Å². The molecule has 1 unspecified atom stereocenters. The SMILES string of the molecule is CN=C(NCC1CCN(CC(F)(F)F)C1)Nc1ccc(OC)c(OC)c1. The molecule has 1 fully saturated rings. The molecule has 146 valence electrons. The van der Waals surface area contributed by atoms with E-state index in [1.54, 1.807) is 33.4 Å². The molecule has 1 aliphatic heterocycles. The molecule has 0 spiro atoms. The molecule has 1 aromatic rings. The standard InChI is InChI=1S/C17H25F3N4O2/c1-21-16(23-13-4-5-14(25-2)15(8-13)26-3)22-9-12-6-7-24(10-12)11-17(18,19)20/h4-5,8,12H,6-7,9-11H2,1-3H3,(H2,21,22,23). The van der Waals surface area contributed by atoms with Crippen LogP contribution in [0, 0.1) is 5.92 Å². The molecule has 2 rings (SSSR count). The molecule has 2 N–H and O–H groups in total. The van der Waals surface area contributed by atoms with Crippen LogP contribution in [0.5, 0.6) is 11.5 Å². The number of guanidine groups is 1. The Labute approximate surface area is 151 Å². The summed E-state index contributed by atoms with van der Waals surface area (Å²) in [4.78, 5) is 5.59. The van der Waals surface area contributed by atoms with E-state index in [1.807, 2.05) is 6.07 Å². The highest BCUT2D eigenvalue weighted by Crippen LogP contribution is 2.29. The molecule has 0 radical (unpaired) electrons. The van der Waals surface area contributed by atoms with Crippen LogP contribution in [0.1, 0.15) is 6.42 Å². The van der Waals surface area contributed by atoms with Crippen molar-refractivity contribution in [1.29, 1.82) is 0 Å². The van der Waals surface area contributed by atoms with Gasteiger partial charge in [0.1, 0.15) is 0 Å². The van der Waals surface area contributed by atoms with Gasteiger partial charge in [-0.2, -0.15) is 13.2 Å². The maximum absolute atomic E-state index is 12.5. The highest BCUT2D eigenvalue weighted by atomic mass is 19.4. The van der Waals surface area contributed by atoms with Crippen molar-refractivity contribution in [2.75, 3.05) is 52.8 Å². The van der Waals surface area contributed by atoms with E-state index in [-0.39, 0.29) is 5.92 Å². The van der Waals surface area contributed by atoms with Gasteiger partial charge in [0.05, 0.1) is 20.8 Å².